The molecule has 1 aromatic heterocycles. The number of esters is 1. The lowest BCUT2D eigenvalue weighted by atomic mass is 10.3. The molecule has 1 heterocycles. The number of carbonyl (C=O) groups excluding carboxylic acids is 1. The quantitative estimate of drug-likeness (QED) is 0.779. The predicted octanol–water partition coefficient (Wildman–Crippen LogP) is 3.51. The van der Waals surface area contributed by atoms with Crippen molar-refractivity contribution < 1.29 is 19.0 Å². The molecule has 0 aromatic carbocycles. The minimum Gasteiger partial charge on any atom is -0.491 e. The van der Waals surface area contributed by atoms with E-state index in [1.165, 1.54) is 12.8 Å². The van der Waals surface area contributed by atoms with E-state index in [-0.39, 0.29) is 18.2 Å². The molecule has 2 saturated carbocycles. The van der Waals surface area contributed by atoms with Crippen LogP contribution in [-0.2, 0) is 4.74 Å². The first kappa shape index (κ1) is 15.1. The Morgan fingerprint density at radius 2 is 1.68 bits per heavy atom. The van der Waals surface area contributed by atoms with E-state index in [0.29, 0.717) is 17.3 Å². The van der Waals surface area contributed by atoms with E-state index in [0.717, 1.165) is 38.5 Å². The van der Waals surface area contributed by atoms with Crippen LogP contribution in [0.2, 0.25) is 0 Å². The van der Waals surface area contributed by atoms with Crippen molar-refractivity contribution in [3.63, 3.8) is 0 Å². The van der Waals surface area contributed by atoms with Gasteiger partial charge in [0.2, 0.25) is 0 Å². The molecule has 120 valence electrons. The van der Waals surface area contributed by atoms with Gasteiger partial charge in [-0.15, -0.1) is 0 Å². The second kappa shape index (κ2) is 6.99. The van der Waals surface area contributed by atoms with Crippen LogP contribution < -0.4 is 9.47 Å². The first-order chi connectivity index (χ1) is 10.8. The third kappa shape index (κ3) is 3.51. The molecule has 1 aromatic rings. The van der Waals surface area contributed by atoms with E-state index in [4.69, 9.17) is 14.2 Å². The smallest absolute Gasteiger partial charge is 0.357 e. The minimum atomic E-state index is -0.370. The van der Waals surface area contributed by atoms with E-state index in [1.54, 1.807) is 19.2 Å². The number of carbonyl (C=O) groups is 1. The predicted molar refractivity (Wildman–Crippen MR) is 81.3 cm³/mol. The number of hydrogen-bond donors (Lipinski definition) is 0. The van der Waals surface area contributed by atoms with Gasteiger partial charge in [0.25, 0.3) is 5.88 Å². The Balaban J connectivity index is 1.71. The lowest BCUT2D eigenvalue weighted by molar-refractivity contribution is 0.0309. The van der Waals surface area contributed by atoms with Crippen molar-refractivity contribution in [3.05, 3.63) is 17.8 Å². The number of ether oxygens (including phenoxy) is 3. The molecule has 0 bridgehead atoms. The number of methoxy groups -OCH3 is 1. The van der Waals surface area contributed by atoms with Gasteiger partial charge in [-0.25, -0.2) is 9.78 Å². The molecule has 2 fully saturated rings. The molecule has 0 N–H and O–H groups in total. The first-order valence-electron chi connectivity index (χ1n) is 8.19. The Labute approximate surface area is 131 Å². The molecular formula is C17H23NO4. The Morgan fingerprint density at radius 3 is 2.32 bits per heavy atom. The first-order valence-corrected chi connectivity index (χ1v) is 8.19. The average molecular weight is 305 g/mol. The van der Waals surface area contributed by atoms with Crippen LogP contribution in [0.3, 0.4) is 0 Å². The fourth-order valence-corrected chi connectivity index (χ4v) is 3.16. The second-order valence-electron chi connectivity index (χ2n) is 6.04. The topological polar surface area (TPSA) is 57.7 Å². The number of nitrogens with zero attached hydrogens (tertiary/aromatic N) is 1. The third-order valence-corrected chi connectivity index (χ3v) is 4.41. The van der Waals surface area contributed by atoms with Crippen LogP contribution in [0, 0.1) is 0 Å². The zero-order valence-corrected chi connectivity index (χ0v) is 13.0. The highest BCUT2D eigenvalue weighted by Crippen LogP contribution is 2.30. The van der Waals surface area contributed by atoms with Gasteiger partial charge in [0.15, 0.2) is 11.4 Å². The van der Waals surface area contributed by atoms with Crippen LogP contribution >= 0.6 is 0 Å². The van der Waals surface area contributed by atoms with Gasteiger partial charge < -0.3 is 14.2 Å². The Bertz CT molecular complexity index is 519. The zero-order chi connectivity index (χ0) is 15.4. The molecule has 5 nitrogen and oxygen atoms in total. The maximum Gasteiger partial charge on any atom is 0.357 e. The minimum absolute atomic E-state index is 0.0376. The summed E-state index contributed by atoms with van der Waals surface area (Å²) < 4.78 is 16.7. The van der Waals surface area contributed by atoms with Gasteiger partial charge in [-0.1, -0.05) is 0 Å². The standard InChI is InChI=1S/C17H23NO4/c1-20-15-11-10-14(17(19)22-13-8-4-5-9-13)18-16(15)21-12-6-2-3-7-12/h10-13H,2-9H2,1H3. The van der Waals surface area contributed by atoms with E-state index in [2.05, 4.69) is 4.98 Å². The van der Waals surface area contributed by atoms with E-state index in [9.17, 15) is 4.79 Å². The van der Waals surface area contributed by atoms with E-state index >= 15 is 0 Å². The van der Waals surface area contributed by atoms with Crippen LogP contribution in [0.5, 0.6) is 11.6 Å². The van der Waals surface area contributed by atoms with Gasteiger partial charge in [0.1, 0.15) is 12.2 Å². The van der Waals surface area contributed by atoms with Crippen LogP contribution in [0.25, 0.3) is 0 Å². The summed E-state index contributed by atoms with van der Waals surface area (Å²) in [6.45, 7) is 0. The van der Waals surface area contributed by atoms with Crippen molar-refractivity contribution in [2.24, 2.45) is 0 Å². The molecule has 0 saturated heterocycles. The third-order valence-electron chi connectivity index (χ3n) is 4.41. The lowest BCUT2D eigenvalue weighted by Crippen LogP contribution is -2.17. The highest BCUT2D eigenvalue weighted by atomic mass is 16.5. The van der Waals surface area contributed by atoms with Gasteiger partial charge >= 0.3 is 5.97 Å². The summed E-state index contributed by atoms with van der Waals surface area (Å²) >= 11 is 0. The van der Waals surface area contributed by atoms with Crippen molar-refractivity contribution >= 4 is 5.97 Å². The Morgan fingerprint density at radius 1 is 1.05 bits per heavy atom. The summed E-state index contributed by atoms with van der Waals surface area (Å²) in [6, 6.07) is 3.36. The van der Waals surface area contributed by atoms with Crippen LogP contribution in [0.1, 0.15) is 61.9 Å². The van der Waals surface area contributed by atoms with Crippen molar-refractivity contribution in [2.75, 3.05) is 7.11 Å². The fourth-order valence-electron chi connectivity index (χ4n) is 3.16. The van der Waals surface area contributed by atoms with Crippen molar-refractivity contribution in [2.45, 2.75) is 63.6 Å². The Kier molecular flexibility index (Phi) is 4.80. The molecule has 2 aliphatic rings. The summed E-state index contributed by atoms with van der Waals surface area (Å²) in [7, 11) is 1.58. The maximum atomic E-state index is 12.2. The van der Waals surface area contributed by atoms with Gasteiger partial charge in [0.05, 0.1) is 7.11 Å². The molecule has 3 rings (SSSR count). The summed E-state index contributed by atoms with van der Waals surface area (Å²) in [4.78, 5) is 16.5. The normalized spacial score (nSPS) is 19.3. The van der Waals surface area contributed by atoms with Crippen LogP contribution in [-0.4, -0.2) is 30.3 Å². The van der Waals surface area contributed by atoms with E-state index in [1.807, 2.05) is 0 Å². The molecular weight excluding hydrogens is 282 g/mol. The van der Waals surface area contributed by atoms with Crippen molar-refractivity contribution in [1.82, 2.24) is 4.98 Å². The molecule has 0 aliphatic heterocycles. The zero-order valence-electron chi connectivity index (χ0n) is 13.0. The molecule has 0 radical (unpaired) electrons. The van der Waals surface area contributed by atoms with Crippen molar-refractivity contribution in [3.8, 4) is 11.6 Å². The number of hydrogen-bond acceptors (Lipinski definition) is 5. The number of aromatic nitrogens is 1. The van der Waals surface area contributed by atoms with Crippen LogP contribution in [0.15, 0.2) is 12.1 Å². The Hall–Kier alpha value is -1.78. The molecule has 0 amide bonds. The highest BCUT2D eigenvalue weighted by molar-refractivity contribution is 5.87. The maximum absolute atomic E-state index is 12.2. The molecule has 2 aliphatic carbocycles. The number of pyridine rings is 1. The number of rotatable bonds is 5. The van der Waals surface area contributed by atoms with E-state index < -0.39 is 0 Å². The van der Waals surface area contributed by atoms with Crippen molar-refractivity contribution in [1.29, 1.82) is 0 Å². The van der Waals surface area contributed by atoms with Gasteiger partial charge in [-0.3, -0.25) is 0 Å². The SMILES string of the molecule is COc1ccc(C(=O)OC2CCCC2)nc1OC1CCCC1. The molecule has 0 spiro atoms. The average Bonchev–Trinajstić information content (AvgIpc) is 3.21. The summed E-state index contributed by atoms with van der Waals surface area (Å²) in [5, 5.41) is 0. The second-order valence-corrected chi connectivity index (χ2v) is 6.04. The van der Waals surface area contributed by atoms with Gasteiger partial charge in [-0.2, -0.15) is 0 Å². The summed E-state index contributed by atoms with van der Waals surface area (Å²) in [5.41, 5.74) is 0.292. The lowest BCUT2D eigenvalue weighted by Gasteiger charge is -2.16. The summed E-state index contributed by atoms with van der Waals surface area (Å²) in [6.07, 6.45) is 8.78. The highest BCUT2D eigenvalue weighted by Gasteiger charge is 2.23. The molecule has 5 heteroatoms. The monoisotopic (exact) mass is 305 g/mol. The molecule has 0 atom stereocenters. The largest absolute Gasteiger partial charge is 0.491 e. The fraction of sp³-hybridized carbons (Fsp3) is 0.647. The molecule has 0 unspecified atom stereocenters. The van der Waals surface area contributed by atoms with Crippen LogP contribution in [0.4, 0.5) is 0 Å². The summed E-state index contributed by atoms with van der Waals surface area (Å²) in [5.74, 6) is 0.588. The molecule has 22 heavy (non-hydrogen) atoms. The van der Waals surface area contributed by atoms with Gasteiger partial charge in [-0.05, 0) is 63.5 Å². The van der Waals surface area contributed by atoms with Gasteiger partial charge in [0, 0.05) is 0 Å².